The summed E-state index contributed by atoms with van der Waals surface area (Å²) in [5.41, 5.74) is 0.668. The van der Waals surface area contributed by atoms with Crippen LogP contribution in [0, 0.1) is 5.41 Å². The normalized spacial score (nSPS) is 22.8. The van der Waals surface area contributed by atoms with Crippen LogP contribution in [0.4, 0.5) is 0 Å². The van der Waals surface area contributed by atoms with Crippen molar-refractivity contribution in [2.75, 3.05) is 7.05 Å². The second kappa shape index (κ2) is 5.22. The van der Waals surface area contributed by atoms with E-state index in [0.717, 1.165) is 19.3 Å². The molecule has 0 amide bonds. The van der Waals surface area contributed by atoms with Crippen molar-refractivity contribution in [3.8, 4) is 0 Å². The summed E-state index contributed by atoms with van der Waals surface area (Å²) >= 11 is 0. The average molecular weight is 286 g/mol. The van der Waals surface area contributed by atoms with Crippen LogP contribution in [0.2, 0.25) is 0 Å². The maximum Gasteiger partial charge on any atom is 0.258 e. The molecule has 2 rings (SSSR count). The highest BCUT2D eigenvalue weighted by atomic mass is 32.2. The second-order valence-electron chi connectivity index (χ2n) is 5.81. The zero-order chi connectivity index (χ0) is 14.1. The molecule has 3 N–H and O–H groups in total. The van der Waals surface area contributed by atoms with E-state index in [0.29, 0.717) is 12.1 Å². The Morgan fingerprint density at radius 3 is 2.84 bits per heavy atom. The molecule has 19 heavy (non-hydrogen) atoms. The molecule has 1 aliphatic rings. The van der Waals surface area contributed by atoms with Gasteiger partial charge in [-0.2, -0.15) is 5.10 Å². The van der Waals surface area contributed by atoms with Crippen molar-refractivity contribution in [3.63, 3.8) is 0 Å². The van der Waals surface area contributed by atoms with Gasteiger partial charge in [0, 0.05) is 18.2 Å². The molecule has 0 bridgehead atoms. The first-order valence-corrected chi connectivity index (χ1v) is 8.04. The summed E-state index contributed by atoms with van der Waals surface area (Å²) in [6.07, 6.45) is 4.55. The highest BCUT2D eigenvalue weighted by Gasteiger charge is 2.38. The number of H-pyrrole nitrogens is 1. The van der Waals surface area contributed by atoms with Gasteiger partial charge in [-0.05, 0) is 25.3 Å². The van der Waals surface area contributed by atoms with Crippen molar-refractivity contribution < 1.29 is 8.42 Å². The van der Waals surface area contributed by atoms with E-state index in [1.165, 1.54) is 0 Å². The predicted molar refractivity (Wildman–Crippen MR) is 73.1 cm³/mol. The van der Waals surface area contributed by atoms with Crippen LogP contribution < -0.4 is 10.0 Å². The van der Waals surface area contributed by atoms with Crippen LogP contribution in [-0.2, 0) is 16.6 Å². The van der Waals surface area contributed by atoms with E-state index in [1.807, 2.05) is 0 Å². The van der Waals surface area contributed by atoms with E-state index >= 15 is 0 Å². The minimum atomic E-state index is -3.53. The Bertz CT molecular complexity index is 536. The van der Waals surface area contributed by atoms with E-state index in [-0.39, 0.29) is 16.5 Å². The van der Waals surface area contributed by atoms with Gasteiger partial charge in [0.2, 0.25) is 0 Å². The fourth-order valence-corrected chi connectivity index (χ4v) is 4.21. The van der Waals surface area contributed by atoms with Crippen LogP contribution in [0.3, 0.4) is 0 Å². The van der Waals surface area contributed by atoms with Gasteiger partial charge in [-0.25, -0.2) is 13.1 Å². The van der Waals surface area contributed by atoms with Crippen molar-refractivity contribution >= 4 is 10.0 Å². The van der Waals surface area contributed by atoms with E-state index < -0.39 is 10.0 Å². The van der Waals surface area contributed by atoms with Crippen molar-refractivity contribution in [1.29, 1.82) is 0 Å². The standard InChI is InChI=1S/C12H22N4O2S/c1-12(2)6-4-5-10(12)16-19(17,18)11-9(7-13-3)8-14-15-11/h8,10,13,16H,4-7H2,1-3H3,(H,14,15). The van der Waals surface area contributed by atoms with Gasteiger partial charge in [-0.15, -0.1) is 0 Å². The number of nitrogens with zero attached hydrogens (tertiary/aromatic N) is 1. The summed E-state index contributed by atoms with van der Waals surface area (Å²) in [4.78, 5) is 0. The van der Waals surface area contributed by atoms with Crippen molar-refractivity contribution in [3.05, 3.63) is 11.8 Å². The SMILES string of the molecule is CNCc1cn[nH]c1S(=O)(=O)NC1CCCC1(C)C. The largest absolute Gasteiger partial charge is 0.316 e. The first-order chi connectivity index (χ1) is 8.87. The zero-order valence-electron chi connectivity index (χ0n) is 11.7. The highest BCUT2D eigenvalue weighted by molar-refractivity contribution is 7.89. The van der Waals surface area contributed by atoms with Gasteiger partial charge in [0.15, 0.2) is 5.03 Å². The predicted octanol–water partition coefficient (Wildman–Crippen LogP) is 0.986. The van der Waals surface area contributed by atoms with E-state index in [1.54, 1.807) is 13.2 Å². The maximum absolute atomic E-state index is 12.4. The molecule has 1 heterocycles. The Kier molecular flexibility index (Phi) is 3.98. The van der Waals surface area contributed by atoms with Crippen LogP contribution in [0.25, 0.3) is 0 Å². The Morgan fingerprint density at radius 1 is 1.53 bits per heavy atom. The van der Waals surface area contributed by atoms with Crippen LogP contribution in [0.15, 0.2) is 11.2 Å². The molecule has 1 atom stereocenters. The van der Waals surface area contributed by atoms with Gasteiger partial charge >= 0.3 is 0 Å². The molecule has 108 valence electrons. The van der Waals surface area contributed by atoms with E-state index in [2.05, 4.69) is 34.1 Å². The lowest BCUT2D eigenvalue weighted by molar-refractivity contribution is 0.312. The summed E-state index contributed by atoms with van der Waals surface area (Å²) in [5, 5.41) is 9.54. The fourth-order valence-electron chi connectivity index (χ4n) is 2.64. The monoisotopic (exact) mass is 286 g/mol. The summed E-state index contributed by atoms with van der Waals surface area (Å²) in [6.45, 7) is 4.68. The molecule has 1 fully saturated rings. The van der Waals surface area contributed by atoms with E-state index in [4.69, 9.17) is 0 Å². The highest BCUT2D eigenvalue weighted by Crippen LogP contribution is 2.37. The van der Waals surface area contributed by atoms with Gasteiger partial charge in [-0.1, -0.05) is 20.3 Å². The number of hydrogen-bond acceptors (Lipinski definition) is 4. The summed E-state index contributed by atoms with van der Waals surface area (Å²) in [7, 11) is -1.76. The summed E-state index contributed by atoms with van der Waals surface area (Å²) in [6, 6.07) is -0.0109. The van der Waals surface area contributed by atoms with Crippen molar-refractivity contribution in [2.45, 2.75) is 50.7 Å². The van der Waals surface area contributed by atoms with Gasteiger partial charge in [0.25, 0.3) is 10.0 Å². The zero-order valence-corrected chi connectivity index (χ0v) is 12.5. The molecular weight excluding hydrogens is 264 g/mol. The molecule has 1 aliphatic carbocycles. The quantitative estimate of drug-likeness (QED) is 0.753. The molecular formula is C12H22N4O2S. The third-order valence-electron chi connectivity index (χ3n) is 3.87. The first-order valence-electron chi connectivity index (χ1n) is 6.56. The first kappa shape index (κ1) is 14.5. The number of sulfonamides is 1. The lowest BCUT2D eigenvalue weighted by Gasteiger charge is -2.27. The van der Waals surface area contributed by atoms with Gasteiger partial charge in [0.1, 0.15) is 0 Å². The second-order valence-corrected chi connectivity index (χ2v) is 7.46. The lowest BCUT2D eigenvalue weighted by atomic mass is 9.88. The number of aromatic nitrogens is 2. The summed E-state index contributed by atoms with van der Waals surface area (Å²) in [5.74, 6) is 0. The fraction of sp³-hybridized carbons (Fsp3) is 0.750. The Labute approximate surface area is 114 Å². The van der Waals surface area contributed by atoms with Crippen molar-refractivity contribution in [2.24, 2.45) is 5.41 Å². The van der Waals surface area contributed by atoms with Crippen molar-refractivity contribution in [1.82, 2.24) is 20.2 Å². The molecule has 0 aliphatic heterocycles. The summed E-state index contributed by atoms with van der Waals surface area (Å²) < 4.78 is 27.7. The maximum atomic E-state index is 12.4. The minimum Gasteiger partial charge on any atom is -0.316 e. The molecule has 0 aromatic carbocycles. The molecule has 0 spiro atoms. The van der Waals surface area contributed by atoms with Gasteiger partial charge < -0.3 is 5.32 Å². The number of hydrogen-bond donors (Lipinski definition) is 3. The lowest BCUT2D eigenvalue weighted by Crippen LogP contribution is -2.41. The molecule has 1 aromatic heterocycles. The van der Waals surface area contributed by atoms with E-state index in [9.17, 15) is 8.42 Å². The Hall–Kier alpha value is -0.920. The third-order valence-corrected chi connectivity index (χ3v) is 5.35. The smallest absolute Gasteiger partial charge is 0.258 e. The molecule has 0 radical (unpaired) electrons. The van der Waals surface area contributed by atoms with Crippen LogP contribution in [-0.4, -0.2) is 31.7 Å². The minimum absolute atomic E-state index is 0.0102. The Morgan fingerprint density at radius 2 is 2.26 bits per heavy atom. The molecule has 1 aromatic rings. The molecule has 0 saturated heterocycles. The third kappa shape index (κ3) is 2.98. The molecule has 6 nitrogen and oxygen atoms in total. The number of aromatic amines is 1. The topological polar surface area (TPSA) is 86.9 Å². The average Bonchev–Trinajstić information content (AvgIpc) is 2.87. The Balaban J connectivity index is 2.21. The molecule has 1 saturated carbocycles. The van der Waals surface area contributed by atoms with Gasteiger partial charge in [0.05, 0.1) is 6.20 Å². The molecule has 7 heteroatoms. The molecule has 1 unspecified atom stereocenters. The van der Waals surface area contributed by atoms with Gasteiger partial charge in [-0.3, -0.25) is 5.10 Å². The van der Waals surface area contributed by atoms with Crippen LogP contribution in [0.5, 0.6) is 0 Å². The van der Waals surface area contributed by atoms with Crippen LogP contribution >= 0.6 is 0 Å². The van der Waals surface area contributed by atoms with Crippen LogP contribution in [0.1, 0.15) is 38.7 Å². The number of nitrogens with one attached hydrogen (secondary N) is 3. The number of rotatable bonds is 5.